The summed E-state index contributed by atoms with van der Waals surface area (Å²) in [6, 6.07) is 8.46. The van der Waals surface area contributed by atoms with Crippen molar-refractivity contribution in [2.75, 3.05) is 11.9 Å². The molecule has 0 aliphatic carbocycles. The van der Waals surface area contributed by atoms with Gasteiger partial charge in [0.15, 0.2) is 0 Å². The van der Waals surface area contributed by atoms with Gasteiger partial charge in [-0.3, -0.25) is 0 Å². The van der Waals surface area contributed by atoms with E-state index in [0.717, 1.165) is 6.42 Å². The molecule has 5 heteroatoms. The standard InChI is InChI=1S/C11H10N4O/c12-8-9-2-4-10(5-3-9)14-11(16)15-7-1-6-13-15/h2-6H,1,7H2,(H,14,16). The van der Waals surface area contributed by atoms with Crippen molar-refractivity contribution in [3.05, 3.63) is 29.8 Å². The van der Waals surface area contributed by atoms with Crippen molar-refractivity contribution in [3.8, 4) is 6.07 Å². The Labute approximate surface area is 93.0 Å². The summed E-state index contributed by atoms with van der Waals surface area (Å²) in [5, 5.41) is 16.6. The number of urea groups is 1. The summed E-state index contributed by atoms with van der Waals surface area (Å²) in [7, 11) is 0. The predicted molar refractivity (Wildman–Crippen MR) is 60.0 cm³/mol. The van der Waals surface area contributed by atoms with Gasteiger partial charge in [-0.25, -0.2) is 9.80 Å². The number of rotatable bonds is 1. The number of anilines is 1. The van der Waals surface area contributed by atoms with Crippen molar-refractivity contribution in [2.45, 2.75) is 6.42 Å². The van der Waals surface area contributed by atoms with E-state index in [2.05, 4.69) is 10.4 Å². The highest BCUT2D eigenvalue weighted by atomic mass is 16.2. The van der Waals surface area contributed by atoms with Gasteiger partial charge in [-0.05, 0) is 24.3 Å². The Hall–Kier alpha value is -2.35. The van der Waals surface area contributed by atoms with Crippen molar-refractivity contribution in [1.29, 1.82) is 5.26 Å². The van der Waals surface area contributed by atoms with Crippen LogP contribution in [0.5, 0.6) is 0 Å². The van der Waals surface area contributed by atoms with Crippen LogP contribution in [0, 0.1) is 11.3 Å². The third-order valence-electron chi connectivity index (χ3n) is 2.19. The fraction of sp³-hybridized carbons (Fsp3) is 0.182. The summed E-state index contributed by atoms with van der Waals surface area (Å²) in [6.07, 6.45) is 2.50. The zero-order valence-electron chi connectivity index (χ0n) is 8.55. The van der Waals surface area contributed by atoms with Crippen molar-refractivity contribution in [1.82, 2.24) is 5.01 Å². The van der Waals surface area contributed by atoms with E-state index in [9.17, 15) is 4.79 Å². The van der Waals surface area contributed by atoms with E-state index < -0.39 is 0 Å². The van der Waals surface area contributed by atoms with Crippen LogP contribution in [0.15, 0.2) is 29.4 Å². The second-order valence-electron chi connectivity index (χ2n) is 3.33. The second kappa shape index (κ2) is 4.45. The first-order valence-electron chi connectivity index (χ1n) is 4.91. The number of amides is 2. The number of benzene rings is 1. The van der Waals surface area contributed by atoms with Crippen LogP contribution in [0.2, 0.25) is 0 Å². The van der Waals surface area contributed by atoms with Gasteiger partial charge in [-0.1, -0.05) is 0 Å². The van der Waals surface area contributed by atoms with E-state index in [1.165, 1.54) is 5.01 Å². The number of carbonyl (C=O) groups is 1. The van der Waals surface area contributed by atoms with E-state index in [4.69, 9.17) is 5.26 Å². The molecule has 0 fully saturated rings. The first-order valence-corrected chi connectivity index (χ1v) is 4.91. The minimum absolute atomic E-state index is 0.251. The molecule has 0 spiro atoms. The average molecular weight is 214 g/mol. The topological polar surface area (TPSA) is 68.5 Å². The lowest BCUT2D eigenvalue weighted by molar-refractivity contribution is 0.219. The molecule has 2 rings (SSSR count). The SMILES string of the molecule is N#Cc1ccc(NC(=O)N2CCC=N2)cc1. The molecule has 0 radical (unpaired) electrons. The first-order chi connectivity index (χ1) is 7.79. The normalized spacial score (nSPS) is 13.6. The molecular formula is C11H10N4O. The third-order valence-corrected chi connectivity index (χ3v) is 2.19. The maximum absolute atomic E-state index is 11.6. The highest BCUT2D eigenvalue weighted by molar-refractivity contribution is 5.90. The Balaban J connectivity index is 2.01. The lowest BCUT2D eigenvalue weighted by atomic mass is 10.2. The number of carbonyl (C=O) groups excluding carboxylic acids is 1. The lowest BCUT2D eigenvalue weighted by Gasteiger charge is -2.12. The van der Waals surface area contributed by atoms with Gasteiger partial charge >= 0.3 is 6.03 Å². The number of hydrogen-bond donors (Lipinski definition) is 1. The molecule has 0 unspecified atom stereocenters. The Morgan fingerprint density at radius 1 is 1.44 bits per heavy atom. The number of nitriles is 1. The van der Waals surface area contributed by atoms with E-state index >= 15 is 0 Å². The molecule has 1 aliphatic heterocycles. The minimum atomic E-state index is -0.251. The summed E-state index contributed by atoms with van der Waals surface area (Å²) in [5.74, 6) is 0. The van der Waals surface area contributed by atoms with Crippen LogP contribution < -0.4 is 5.32 Å². The maximum Gasteiger partial charge on any atom is 0.342 e. The molecule has 1 N–H and O–H groups in total. The molecule has 2 amide bonds. The molecule has 80 valence electrons. The highest BCUT2D eigenvalue weighted by Crippen LogP contribution is 2.10. The average Bonchev–Trinajstić information content (AvgIpc) is 2.83. The Morgan fingerprint density at radius 2 is 2.19 bits per heavy atom. The zero-order chi connectivity index (χ0) is 11.4. The number of nitrogens with one attached hydrogen (secondary N) is 1. The van der Waals surface area contributed by atoms with Gasteiger partial charge in [-0.2, -0.15) is 10.4 Å². The van der Waals surface area contributed by atoms with E-state index in [-0.39, 0.29) is 6.03 Å². The van der Waals surface area contributed by atoms with Crippen LogP contribution in [0.1, 0.15) is 12.0 Å². The Kier molecular flexibility index (Phi) is 2.83. The zero-order valence-corrected chi connectivity index (χ0v) is 8.55. The van der Waals surface area contributed by atoms with Crippen LogP contribution in [-0.4, -0.2) is 23.8 Å². The molecule has 1 heterocycles. The smallest absolute Gasteiger partial charge is 0.306 e. The number of hydrogen-bond acceptors (Lipinski definition) is 3. The molecule has 1 aromatic rings. The van der Waals surface area contributed by atoms with Crippen LogP contribution in [0.3, 0.4) is 0 Å². The Morgan fingerprint density at radius 3 is 2.75 bits per heavy atom. The van der Waals surface area contributed by atoms with Crippen LogP contribution >= 0.6 is 0 Å². The summed E-state index contributed by atoms with van der Waals surface area (Å²) in [6.45, 7) is 0.613. The quantitative estimate of drug-likeness (QED) is 0.774. The fourth-order valence-electron chi connectivity index (χ4n) is 1.36. The van der Waals surface area contributed by atoms with Gasteiger partial charge in [0.25, 0.3) is 0 Å². The molecule has 0 saturated carbocycles. The van der Waals surface area contributed by atoms with Crippen molar-refractivity contribution in [3.63, 3.8) is 0 Å². The van der Waals surface area contributed by atoms with Crippen LogP contribution in [0.4, 0.5) is 10.5 Å². The molecule has 0 aromatic heterocycles. The highest BCUT2D eigenvalue weighted by Gasteiger charge is 2.14. The molecular weight excluding hydrogens is 204 g/mol. The Bertz CT molecular complexity index is 458. The monoisotopic (exact) mass is 214 g/mol. The minimum Gasteiger partial charge on any atom is -0.306 e. The summed E-state index contributed by atoms with van der Waals surface area (Å²) in [4.78, 5) is 11.6. The summed E-state index contributed by atoms with van der Waals surface area (Å²) in [5.41, 5.74) is 1.23. The van der Waals surface area contributed by atoms with Gasteiger partial charge < -0.3 is 5.32 Å². The van der Waals surface area contributed by atoms with E-state index in [1.807, 2.05) is 6.07 Å². The molecule has 0 atom stereocenters. The maximum atomic E-state index is 11.6. The van der Waals surface area contributed by atoms with Crippen molar-refractivity contribution >= 4 is 17.9 Å². The molecule has 1 aromatic carbocycles. The van der Waals surface area contributed by atoms with Gasteiger partial charge in [-0.15, -0.1) is 0 Å². The number of hydrazone groups is 1. The van der Waals surface area contributed by atoms with E-state index in [1.54, 1.807) is 30.5 Å². The molecule has 5 nitrogen and oxygen atoms in total. The van der Waals surface area contributed by atoms with Crippen LogP contribution in [0.25, 0.3) is 0 Å². The molecule has 1 aliphatic rings. The summed E-state index contributed by atoms with van der Waals surface area (Å²) >= 11 is 0. The third kappa shape index (κ3) is 2.17. The van der Waals surface area contributed by atoms with E-state index in [0.29, 0.717) is 17.8 Å². The van der Waals surface area contributed by atoms with Gasteiger partial charge in [0.05, 0.1) is 18.2 Å². The lowest BCUT2D eigenvalue weighted by Crippen LogP contribution is -2.28. The number of nitrogens with zero attached hydrogens (tertiary/aromatic N) is 3. The van der Waals surface area contributed by atoms with Gasteiger partial charge in [0.2, 0.25) is 0 Å². The largest absolute Gasteiger partial charge is 0.342 e. The predicted octanol–water partition coefficient (Wildman–Crippen LogP) is 1.78. The summed E-state index contributed by atoms with van der Waals surface area (Å²) < 4.78 is 0. The van der Waals surface area contributed by atoms with Gasteiger partial charge in [0, 0.05) is 18.3 Å². The molecule has 16 heavy (non-hydrogen) atoms. The van der Waals surface area contributed by atoms with Gasteiger partial charge in [0.1, 0.15) is 0 Å². The fourth-order valence-corrected chi connectivity index (χ4v) is 1.36. The molecule has 0 bridgehead atoms. The first kappa shape index (κ1) is 10.2. The van der Waals surface area contributed by atoms with Crippen LogP contribution in [-0.2, 0) is 0 Å². The van der Waals surface area contributed by atoms with Crippen molar-refractivity contribution in [2.24, 2.45) is 5.10 Å². The second-order valence-corrected chi connectivity index (χ2v) is 3.33. The molecule has 0 saturated heterocycles. The van der Waals surface area contributed by atoms with Crippen molar-refractivity contribution < 1.29 is 4.79 Å².